The van der Waals surface area contributed by atoms with Gasteiger partial charge >= 0.3 is 0 Å². The summed E-state index contributed by atoms with van der Waals surface area (Å²) < 4.78 is 0. The number of hydrogen-bond acceptors (Lipinski definition) is 2. The second kappa shape index (κ2) is 2.35. The molecule has 0 unspecified atom stereocenters. The molecule has 0 aliphatic heterocycles. The Morgan fingerprint density at radius 1 is 1.67 bits per heavy atom. The van der Waals surface area contributed by atoms with E-state index >= 15 is 0 Å². The Balaban J connectivity index is 2.19. The van der Waals surface area contributed by atoms with Crippen molar-refractivity contribution < 1.29 is 4.79 Å². The lowest BCUT2D eigenvalue weighted by Crippen LogP contribution is -2.44. The number of hydrogen-bond donors (Lipinski definition) is 2. The van der Waals surface area contributed by atoms with E-state index in [0.717, 1.165) is 12.8 Å². The van der Waals surface area contributed by atoms with Crippen molar-refractivity contribution in [3.63, 3.8) is 0 Å². The highest BCUT2D eigenvalue weighted by Gasteiger charge is 2.31. The second-order valence-corrected chi connectivity index (χ2v) is 2.56. The Morgan fingerprint density at radius 3 is 2.56 bits per heavy atom. The number of rotatable bonds is 2. The minimum Gasteiger partial charge on any atom is -0.369 e. The van der Waals surface area contributed by atoms with Gasteiger partial charge in [0.2, 0.25) is 5.91 Å². The molecule has 0 radical (unpaired) electrons. The van der Waals surface area contributed by atoms with E-state index in [1.807, 2.05) is 7.05 Å². The van der Waals surface area contributed by atoms with Crippen LogP contribution >= 0.6 is 0 Å². The standard InChI is InChI=1S/C6H12N2O/c1-8-5-2-4(3-5)6(7)9/h4-5,8H,2-3H2,1H3,(H2,7,9)/t4-,5+. The van der Waals surface area contributed by atoms with Crippen molar-refractivity contribution in [1.82, 2.24) is 5.32 Å². The Kier molecular flexibility index (Phi) is 1.71. The minimum absolute atomic E-state index is 0.141. The van der Waals surface area contributed by atoms with Crippen molar-refractivity contribution in [3.8, 4) is 0 Å². The fraction of sp³-hybridized carbons (Fsp3) is 0.833. The highest BCUT2D eigenvalue weighted by atomic mass is 16.1. The lowest BCUT2D eigenvalue weighted by molar-refractivity contribution is -0.124. The summed E-state index contributed by atoms with van der Waals surface area (Å²) in [5.41, 5.74) is 5.05. The molecule has 0 heterocycles. The second-order valence-electron chi connectivity index (χ2n) is 2.56. The first-order valence-corrected chi connectivity index (χ1v) is 3.20. The van der Waals surface area contributed by atoms with Crippen LogP contribution in [0.25, 0.3) is 0 Å². The molecule has 1 amide bonds. The molecule has 3 N–H and O–H groups in total. The zero-order valence-electron chi connectivity index (χ0n) is 5.55. The van der Waals surface area contributed by atoms with Gasteiger partial charge in [0, 0.05) is 12.0 Å². The van der Waals surface area contributed by atoms with Crippen LogP contribution in [-0.2, 0) is 4.79 Å². The largest absolute Gasteiger partial charge is 0.369 e. The molecule has 1 fully saturated rings. The quantitative estimate of drug-likeness (QED) is 0.525. The summed E-state index contributed by atoms with van der Waals surface area (Å²) in [7, 11) is 1.90. The molecule has 0 spiro atoms. The van der Waals surface area contributed by atoms with Crippen LogP contribution in [0, 0.1) is 5.92 Å². The first-order chi connectivity index (χ1) is 4.24. The number of carbonyl (C=O) groups excluding carboxylic acids is 1. The molecule has 3 nitrogen and oxygen atoms in total. The maximum Gasteiger partial charge on any atom is 0.220 e. The third-order valence-corrected chi connectivity index (χ3v) is 1.95. The molecule has 3 heteroatoms. The van der Waals surface area contributed by atoms with Gasteiger partial charge in [-0.15, -0.1) is 0 Å². The molecule has 1 saturated carbocycles. The van der Waals surface area contributed by atoms with E-state index in [9.17, 15) is 4.79 Å². The van der Waals surface area contributed by atoms with Crippen molar-refractivity contribution in [2.45, 2.75) is 18.9 Å². The third kappa shape index (κ3) is 1.21. The SMILES string of the molecule is CN[C@H]1C[C@@H](C(N)=O)C1. The molecule has 9 heavy (non-hydrogen) atoms. The average molecular weight is 128 g/mol. The number of primary amides is 1. The van der Waals surface area contributed by atoms with Gasteiger partial charge in [-0.1, -0.05) is 0 Å². The summed E-state index contributed by atoms with van der Waals surface area (Å²) in [6.07, 6.45) is 1.84. The normalized spacial score (nSPS) is 33.4. The Morgan fingerprint density at radius 2 is 2.22 bits per heavy atom. The summed E-state index contributed by atoms with van der Waals surface area (Å²) in [5.74, 6) is -0.0102. The first kappa shape index (κ1) is 6.55. The van der Waals surface area contributed by atoms with E-state index in [-0.39, 0.29) is 11.8 Å². The van der Waals surface area contributed by atoms with Crippen molar-refractivity contribution >= 4 is 5.91 Å². The molecule has 1 aliphatic rings. The molecular formula is C6H12N2O. The number of amides is 1. The summed E-state index contributed by atoms with van der Waals surface area (Å²) >= 11 is 0. The van der Waals surface area contributed by atoms with Crippen LogP contribution in [-0.4, -0.2) is 19.0 Å². The zero-order valence-corrected chi connectivity index (χ0v) is 5.55. The third-order valence-electron chi connectivity index (χ3n) is 1.95. The Bertz CT molecular complexity index is 118. The molecule has 1 rings (SSSR count). The Hall–Kier alpha value is -0.570. The van der Waals surface area contributed by atoms with E-state index in [4.69, 9.17) is 5.73 Å². The molecule has 0 atom stereocenters. The average Bonchev–Trinajstić information content (AvgIpc) is 1.61. The van der Waals surface area contributed by atoms with Gasteiger partial charge in [-0.05, 0) is 19.9 Å². The number of nitrogens with one attached hydrogen (secondary N) is 1. The molecule has 0 aromatic rings. The van der Waals surface area contributed by atoms with Crippen LogP contribution in [0.1, 0.15) is 12.8 Å². The molecule has 0 aromatic heterocycles. The minimum atomic E-state index is -0.151. The van der Waals surface area contributed by atoms with E-state index in [1.165, 1.54) is 0 Å². The summed E-state index contributed by atoms with van der Waals surface area (Å²) in [4.78, 5) is 10.4. The van der Waals surface area contributed by atoms with Crippen LogP contribution in [0.3, 0.4) is 0 Å². The summed E-state index contributed by atoms with van der Waals surface area (Å²) in [5, 5.41) is 3.08. The lowest BCUT2D eigenvalue weighted by atomic mass is 9.80. The van der Waals surface area contributed by atoms with E-state index in [0.29, 0.717) is 6.04 Å². The molecule has 52 valence electrons. The Labute approximate surface area is 54.6 Å². The molecule has 0 aromatic carbocycles. The lowest BCUT2D eigenvalue weighted by Gasteiger charge is -2.32. The van der Waals surface area contributed by atoms with E-state index < -0.39 is 0 Å². The maximum atomic E-state index is 10.4. The van der Waals surface area contributed by atoms with Crippen molar-refractivity contribution in [2.24, 2.45) is 11.7 Å². The molecule has 1 aliphatic carbocycles. The first-order valence-electron chi connectivity index (χ1n) is 3.20. The van der Waals surface area contributed by atoms with Gasteiger partial charge in [0.15, 0.2) is 0 Å². The van der Waals surface area contributed by atoms with Crippen LogP contribution < -0.4 is 11.1 Å². The van der Waals surface area contributed by atoms with Crippen LogP contribution in [0.15, 0.2) is 0 Å². The predicted octanol–water partition coefficient (Wildman–Crippen LogP) is -0.530. The van der Waals surface area contributed by atoms with Gasteiger partial charge in [-0.3, -0.25) is 4.79 Å². The van der Waals surface area contributed by atoms with Crippen molar-refractivity contribution in [1.29, 1.82) is 0 Å². The van der Waals surface area contributed by atoms with Gasteiger partial charge in [-0.2, -0.15) is 0 Å². The van der Waals surface area contributed by atoms with E-state index in [2.05, 4.69) is 5.32 Å². The highest BCUT2D eigenvalue weighted by Crippen LogP contribution is 2.25. The van der Waals surface area contributed by atoms with Crippen LogP contribution in [0.4, 0.5) is 0 Å². The number of nitrogens with two attached hydrogens (primary N) is 1. The van der Waals surface area contributed by atoms with E-state index in [1.54, 1.807) is 0 Å². The topological polar surface area (TPSA) is 55.1 Å². The van der Waals surface area contributed by atoms with Gasteiger partial charge in [0.1, 0.15) is 0 Å². The van der Waals surface area contributed by atoms with Gasteiger partial charge in [0.25, 0.3) is 0 Å². The summed E-state index contributed by atoms with van der Waals surface area (Å²) in [6.45, 7) is 0. The van der Waals surface area contributed by atoms with Gasteiger partial charge < -0.3 is 11.1 Å². The number of carbonyl (C=O) groups is 1. The van der Waals surface area contributed by atoms with Crippen molar-refractivity contribution in [3.05, 3.63) is 0 Å². The molecule has 0 saturated heterocycles. The molecular weight excluding hydrogens is 116 g/mol. The zero-order chi connectivity index (χ0) is 6.85. The van der Waals surface area contributed by atoms with Crippen molar-refractivity contribution in [2.75, 3.05) is 7.05 Å². The van der Waals surface area contributed by atoms with Gasteiger partial charge in [-0.25, -0.2) is 0 Å². The summed E-state index contributed by atoms with van der Waals surface area (Å²) in [6, 6.07) is 0.530. The monoisotopic (exact) mass is 128 g/mol. The van der Waals surface area contributed by atoms with Crippen LogP contribution in [0.5, 0.6) is 0 Å². The predicted molar refractivity (Wildman–Crippen MR) is 34.8 cm³/mol. The highest BCUT2D eigenvalue weighted by molar-refractivity contribution is 5.77. The fourth-order valence-electron chi connectivity index (χ4n) is 1.09. The maximum absolute atomic E-state index is 10.4. The molecule has 0 bridgehead atoms. The van der Waals surface area contributed by atoms with Gasteiger partial charge in [0.05, 0.1) is 0 Å². The smallest absolute Gasteiger partial charge is 0.220 e. The van der Waals surface area contributed by atoms with Crippen LogP contribution in [0.2, 0.25) is 0 Å². The fourth-order valence-corrected chi connectivity index (χ4v) is 1.09.